The molecule has 0 aliphatic carbocycles. The maximum Gasteiger partial charge on any atom is 0.0368 e. The topological polar surface area (TPSA) is 29.3 Å². The van der Waals surface area contributed by atoms with Crippen molar-refractivity contribution in [3.63, 3.8) is 0 Å². The predicted molar refractivity (Wildman–Crippen MR) is 76.6 cm³/mol. The summed E-state index contributed by atoms with van der Waals surface area (Å²) in [5.41, 5.74) is 8.60. The van der Waals surface area contributed by atoms with Gasteiger partial charge in [-0.1, -0.05) is 19.1 Å². The van der Waals surface area contributed by atoms with Crippen LogP contribution in [0, 0.1) is 6.92 Å². The van der Waals surface area contributed by atoms with Crippen LogP contribution in [0.15, 0.2) is 24.3 Å². The van der Waals surface area contributed by atoms with Gasteiger partial charge in [-0.25, -0.2) is 0 Å². The van der Waals surface area contributed by atoms with Crippen LogP contribution in [0.25, 0.3) is 0 Å². The van der Waals surface area contributed by atoms with Gasteiger partial charge in [-0.15, -0.1) is 0 Å². The standard InChI is InChI=1S/C15H26N2/c1-4-14(16)9-7-11-17(5-2)15-10-6-8-13(3)12-15/h6,8,10,12,14H,4-5,7,9,11,16H2,1-3H3. The highest BCUT2D eigenvalue weighted by Gasteiger charge is 2.05. The van der Waals surface area contributed by atoms with Gasteiger partial charge in [-0.3, -0.25) is 0 Å². The SMILES string of the molecule is CCC(N)CCCN(CC)c1cccc(C)c1. The summed E-state index contributed by atoms with van der Waals surface area (Å²) in [6, 6.07) is 9.08. The van der Waals surface area contributed by atoms with Gasteiger partial charge in [0.2, 0.25) is 0 Å². The van der Waals surface area contributed by atoms with Crippen LogP contribution in [0.1, 0.15) is 38.7 Å². The molecule has 0 radical (unpaired) electrons. The number of hydrogen-bond acceptors (Lipinski definition) is 2. The zero-order valence-corrected chi connectivity index (χ0v) is 11.4. The Morgan fingerprint density at radius 2 is 2.06 bits per heavy atom. The lowest BCUT2D eigenvalue weighted by Crippen LogP contribution is -2.26. The molecule has 0 aromatic heterocycles. The molecule has 0 saturated carbocycles. The van der Waals surface area contributed by atoms with Crippen molar-refractivity contribution in [3.05, 3.63) is 29.8 Å². The molecule has 0 fully saturated rings. The van der Waals surface area contributed by atoms with Crippen LogP contribution in [0.2, 0.25) is 0 Å². The molecule has 0 aliphatic rings. The molecule has 0 saturated heterocycles. The molecule has 1 unspecified atom stereocenters. The molecule has 0 aliphatic heterocycles. The van der Waals surface area contributed by atoms with Gasteiger partial charge in [-0.2, -0.15) is 0 Å². The number of anilines is 1. The van der Waals surface area contributed by atoms with Crippen molar-refractivity contribution in [1.29, 1.82) is 0 Å². The molecule has 17 heavy (non-hydrogen) atoms. The van der Waals surface area contributed by atoms with Crippen LogP contribution in [-0.2, 0) is 0 Å². The van der Waals surface area contributed by atoms with Gasteiger partial charge in [0, 0.05) is 24.8 Å². The summed E-state index contributed by atoms with van der Waals surface area (Å²) in [4.78, 5) is 2.43. The van der Waals surface area contributed by atoms with Crippen LogP contribution < -0.4 is 10.6 Å². The van der Waals surface area contributed by atoms with Gasteiger partial charge < -0.3 is 10.6 Å². The third-order valence-electron chi connectivity index (χ3n) is 3.28. The molecule has 2 nitrogen and oxygen atoms in total. The summed E-state index contributed by atoms with van der Waals surface area (Å²) in [6.45, 7) is 8.67. The van der Waals surface area contributed by atoms with E-state index in [2.05, 4.69) is 49.9 Å². The van der Waals surface area contributed by atoms with E-state index in [9.17, 15) is 0 Å². The summed E-state index contributed by atoms with van der Waals surface area (Å²) in [7, 11) is 0. The van der Waals surface area contributed by atoms with Crippen LogP contribution in [0.3, 0.4) is 0 Å². The first-order valence-electron chi connectivity index (χ1n) is 6.74. The minimum atomic E-state index is 0.367. The van der Waals surface area contributed by atoms with Crippen LogP contribution >= 0.6 is 0 Å². The Balaban J connectivity index is 2.48. The molecule has 2 N–H and O–H groups in total. The van der Waals surface area contributed by atoms with Crippen molar-refractivity contribution in [2.75, 3.05) is 18.0 Å². The largest absolute Gasteiger partial charge is 0.372 e. The van der Waals surface area contributed by atoms with Gasteiger partial charge in [0.05, 0.1) is 0 Å². The van der Waals surface area contributed by atoms with E-state index in [1.807, 2.05) is 0 Å². The molecule has 1 rings (SSSR count). The molecule has 2 heteroatoms. The Labute approximate surface area is 106 Å². The molecule has 0 bridgehead atoms. The third-order valence-corrected chi connectivity index (χ3v) is 3.28. The molecule has 1 aromatic carbocycles. The predicted octanol–water partition coefficient (Wildman–Crippen LogP) is 3.34. The summed E-state index contributed by atoms with van der Waals surface area (Å²) in [5.74, 6) is 0. The van der Waals surface area contributed by atoms with E-state index < -0.39 is 0 Å². The smallest absolute Gasteiger partial charge is 0.0368 e. The van der Waals surface area contributed by atoms with Gasteiger partial charge >= 0.3 is 0 Å². The Bertz CT molecular complexity index is 322. The maximum atomic E-state index is 5.94. The summed E-state index contributed by atoms with van der Waals surface area (Å²) in [6.07, 6.45) is 3.38. The Kier molecular flexibility index (Phi) is 6.06. The average Bonchev–Trinajstić information content (AvgIpc) is 2.34. The molecule has 1 atom stereocenters. The Morgan fingerprint density at radius 1 is 1.29 bits per heavy atom. The third kappa shape index (κ3) is 4.78. The van der Waals surface area contributed by atoms with Gasteiger partial charge in [-0.05, 0) is 50.8 Å². The first kappa shape index (κ1) is 14.0. The van der Waals surface area contributed by atoms with Crippen LogP contribution in [-0.4, -0.2) is 19.1 Å². The summed E-state index contributed by atoms with van der Waals surface area (Å²) < 4.78 is 0. The van der Waals surface area contributed by atoms with Crippen LogP contribution in [0.5, 0.6) is 0 Å². The number of nitrogens with two attached hydrogens (primary N) is 1. The van der Waals surface area contributed by atoms with Crippen molar-refractivity contribution < 1.29 is 0 Å². The van der Waals surface area contributed by atoms with Gasteiger partial charge in [0.1, 0.15) is 0 Å². The van der Waals surface area contributed by atoms with E-state index >= 15 is 0 Å². The number of benzene rings is 1. The lowest BCUT2D eigenvalue weighted by Gasteiger charge is -2.24. The zero-order valence-electron chi connectivity index (χ0n) is 11.4. The number of hydrogen-bond donors (Lipinski definition) is 1. The second-order valence-corrected chi connectivity index (χ2v) is 4.73. The molecule has 0 spiro atoms. The lowest BCUT2D eigenvalue weighted by atomic mass is 10.1. The summed E-state index contributed by atoms with van der Waals surface area (Å²) in [5, 5.41) is 0. The van der Waals surface area contributed by atoms with E-state index in [0.717, 1.165) is 25.9 Å². The van der Waals surface area contributed by atoms with E-state index in [1.54, 1.807) is 0 Å². The number of nitrogens with zero attached hydrogens (tertiary/aromatic N) is 1. The van der Waals surface area contributed by atoms with Crippen LogP contribution in [0.4, 0.5) is 5.69 Å². The highest BCUT2D eigenvalue weighted by molar-refractivity contribution is 5.48. The second-order valence-electron chi connectivity index (χ2n) is 4.73. The minimum Gasteiger partial charge on any atom is -0.372 e. The maximum absolute atomic E-state index is 5.94. The van der Waals surface area contributed by atoms with Crippen molar-refractivity contribution in [2.24, 2.45) is 5.73 Å². The molecular formula is C15H26N2. The fourth-order valence-corrected chi connectivity index (χ4v) is 2.04. The fourth-order valence-electron chi connectivity index (χ4n) is 2.04. The molecule has 96 valence electrons. The molecule has 1 aromatic rings. The Morgan fingerprint density at radius 3 is 2.65 bits per heavy atom. The summed E-state index contributed by atoms with van der Waals surface area (Å²) >= 11 is 0. The first-order chi connectivity index (χ1) is 8.17. The van der Waals surface area contributed by atoms with E-state index in [-0.39, 0.29) is 0 Å². The second kappa shape index (κ2) is 7.33. The minimum absolute atomic E-state index is 0.367. The monoisotopic (exact) mass is 234 g/mol. The normalized spacial score (nSPS) is 12.5. The number of rotatable bonds is 7. The van der Waals surface area contributed by atoms with Crippen molar-refractivity contribution in [2.45, 2.75) is 46.1 Å². The first-order valence-corrected chi connectivity index (χ1v) is 6.74. The Hall–Kier alpha value is -1.02. The van der Waals surface area contributed by atoms with E-state index in [1.165, 1.54) is 17.7 Å². The fraction of sp³-hybridized carbons (Fsp3) is 0.600. The molecule has 0 heterocycles. The van der Waals surface area contributed by atoms with Crippen molar-refractivity contribution in [1.82, 2.24) is 0 Å². The van der Waals surface area contributed by atoms with Crippen molar-refractivity contribution >= 4 is 5.69 Å². The van der Waals surface area contributed by atoms with Gasteiger partial charge in [0.15, 0.2) is 0 Å². The highest BCUT2D eigenvalue weighted by Crippen LogP contribution is 2.16. The van der Waals surface area contributed by atoms with E-state index in [0.29, 0.717) is 6.04 Å². The van der Waals surface area contributed by atoms with Gasteiger partial charge in [0.25, 0.3) is 0 Å². The number of aryl methyl sites for hydroxylation is 1. The lowest BCUT2D eigenvalue weighted by molar-refractivity contribution is 0.563. The van der Waals surface area contributed by atoms with E-state index in [4.69, 9.17) is 5.73 Å². The quantitative estimate of drug-likeness (QED) is 0.784. The average molecular weight is 234 g/mol. The molecule has 0 amide bonds. The zero-order chi connectivity index (χ0) is 12.7. The highest BCUT2D eigenvalue weighted by atomic mass is 15.1. The molecular weight excluding hydrogens is 208 g/mol. The van der Waals surface area contributed by atoms with Crippen molar-refractivity contribution in [3.8, 4) is 0 Å².